The summed E-state index contributed by atoms with van der Waals surface area (Å²) < 4.78 is 25.1. The molecule has 4 rings (SSSR count). The predicted molar refractivity (Wildman–Crippen MR) is 120 cm³/mol. The number of halogens is 1. The fraction of sp³-hybridized carbons (Fsp3) is 0.0500. The number of nitrogens with zero attached hydrogens (tertiary/aromatic N) is 2. The molecular formula is C20H14ClN3O3S3. The molecule has 6 nitrogen and oxygen atoms in total. The molecule has 10 heteroatoms. The molecule has 2 aromatic carbocycles. The second kappa shape index (κ2) is 8.65. The monoisotopic (exact) mass is 475 g/mol. The van der Waals surface area contributed by atoms with E-state index in [0.717, 1.165) is 5.56 Å². The zero-order valence-electron chi connectivity index (χ0n) is 15.3. The number of thiophene rings is 1. The molecule has 2 aromatic heterocycles. The minimum atomic E-state index is -3.47. The van der Waals surface area contributed by atoms with Crippen molar-refractivity contribution in [1.82, 2.24) is 10.2 Å². The quantitative estimate of drug-likeness (QED) is 0.416. The van der Waals surface area contributed by atoms with Gasteiger partial charge in [0, 0.05) is 10.6 Å². The van der Waals surface area contributed by atoms with Crippen molar-refractivity contribution in [1.29, 1.82) is 0 Å². The molecule has 0 saturated heterocycles. The molecule has 0 bridgehead atoms. The first-order valence-electron chi connectivity index (χ1n) is 8.67. The molecule has 152 valence electrons. The summed E-state index contributed by atoms with van der Waals surface area (Å²) in [7, 11) is -3.47. The van der Waals surface area contributed by atoms with E-state index in [1.54, 1.807) is 48.5 Å². The maximum absolute atomic E-state index is 12.6. The minimum absolute atomic E-state index is 0.118. The zero-order chi connectivity index (χ0) is 21.1. The number of benzene rings is 2. The number of sulfone groups is 1. The van der Waals surface area contributed by atoms with E-state index in [0.29, 0.717) is 25.6 Å². The Bertz CT molecular complexity index is 1270. The van der Waals surface area contributed by atoms with Crippen LogP contribution in [0.15, 0.2) is 70.9 Å². The lowest BCUT2D eigenvalue weighted by Gasteiger charge is -2.05. The number of carbonyl (C=O) groups excluding carboxylic acids is 1. The number of carbonyl (C=O) groups is 1. The summed E-state index contributed by atoms with van der Waals surface area (Å²) in [5.41, 5.74) is 1.45. The summed E-state index contributed by atoms with van der Waals surface area (Å²) in [4.78, 5) is 12.9. The molecule has 2 heterocycles. The Morgan fingerprint density at radius 1 is 1.00 bits per heavy atom. The van der Waals surface area contributed by atoms with E-state index < -0.39 is 9.84 Å². The molecule has 0 saturated carbocycles. The topological polar surface area (TPSA) is 89.0 Å². The standard InChI is InChI=1S/C20H14ClN3O3S3/c21-15-7-9-16(10-8-15)30(26,27)12-13-3-5-14(6-4-13)19-23-24-20(29-19)22-18(25)17-2-1-11-28-17/h1-11H,12H2,(H,22,24,25). The van der Waals surface area contributed by atoms with Crippen LogP contribution in [0.3, 0.4) is 0 Å². The molecule has 1 N–H and O–H groups in total. The molecule has 0 aliphatic heterocycles. The highest BCUT2D eigenvalue weighted by molar-refractivity contribution is 7.90. The van der Waals surface area contributed by atoms with E-state index in [2.05, 4.69) is 15.5 Å². The van der Waals surface area contributed by atoms with Crippen molar-refractivity contribution in [3.8, 4) is 10.6 Å². The van der Waals surface area contributed by atoms with Gasteiger partial charge in [-0.2, -0.15) is 0 Å². The number of amides is 1. The normalized spacial score (nSPS) is 11.4. The molecular weight excluding hydrogens is 462 g/mol. The Hall–Kier alpha value is -2.59. The van der Waals surface area contributed by atoms with Gasteiger partial charge in [0.1, 0.15) is 5.01 Å². The smallest absolute Gasteiger partial charge is 0.267 e. The van der Waals surface area contributed by atoms with Gasteiger partial charge in [0.2, 0.25) is 5.13 Å². The van der Waals surface area contributed by atoms with Gasteiger partial charge in [0.05, 0.1) is 15.5 Å². The molecule has 0 aliphatic carbocycles. The molecule has 0 atom stereocenters. The Morgan fingerprint density at radius 2 is 1.73 bits per heavy atom. The summed E-state index contributed by atoms with van der Waals surface area (Å²) in [5.74, 6) is -0.344. The predicted octanol–water partition coefficient (Wildman–Crippen LogP) is 5.15. The molecule has 0 aliphatic rings. The van der Waals surface area contributed by atoms with Gasteiger partial charge in [-0.15, -0.1) is 21.5 Å². The maximum Gasteiger partial charge on any atom is 0.267 e. The van der Waals surface area contributed by atoms with Crippen LogP contribution in [-0.2, 0) is 15.6 Å². The van der Waals surface area contributed by atoms with E-state index in [4.69, 9.17) is 11.6 Å². The zero-order valence-corrected chi connectivity index (χ0v) is 18.5. The number of aromatic nitrogens is 2. The fourth-order valence-electron chi connectivity index (χ4n) is 2.65. The maximum atomic E-state index is 12.6. The van der Waals surface area contributed by atoms with Crippen LogP contribution in [0.5, 0.6) is 0 Å². The van der Waals surface area contributed by atoms with Gasteiger partial charge >= 0.3 is 0 Å². The number of nitrogens with one attached hydrogen (secondary N) is 1. The van der Waals surface area contributed by atoms with Crippen LogP contribution < -0.4 is 5.32 Å². The van der Waals surface area contributed by atoms with Gasteiger partial charge in [-0.25, -0.2) is 8.42 Å². The van der Waals surface area contributed by atoms with Gasteiger partial charge < -0.3 is 0 Å². The van der Waals surface area contributed by atoms with E-state index >= 15 is 0 Å². The van der Waals surface area contributed by atoms with Crippen LogP contribution in [-0.4, -0.2) is 24.5 Å². The fourth-order valence-corrected chi connectivity index (χ4v) is 5.48. The van der Waals surface area contributed by atoms with Crippen LogP contribution >= 0.6 is 34.3 Å². The van der Waals surface area contributed by atoms with Gasteiger partial charge in [-0.1, -0.05) is 53.3 Å². The van der Waals surface area contributed by atoms with Crippen LogP contribution in [0.1, 0.15) is 15.2 Å². The number of hydrogen-bond donors (Lipinski definition) is 1. The Morgan fingerprint density at radius 3 is 2.40 bits per heavy atom. The van der Waals surface area contributed by atoms with E-state index in [1.807, 2.05) is 5.38 Å². The molecule has 0 unspecified atom stereocenters. The van der Waals surface area contributed by atoms with Gasteiger partial charge in [-0.3, -0.25) is 10.1 Å². The molecule has 1 amide bonds. The van der Waals surface area contributed by atoms with Gasteiger partial charge in [0.25, 0.3) is 5.91 Å². The summed E-state index contributed by atoms with van der Waals surface area (Å²) >= 11 is 8.42. The van der Waals surface area contributed by atoms with Crippen molar-refractivity contribution in [3.63, 3.8) is 0 Å². The molecule has 30 heavy (non-hydrogen) atoms. The van der Waals surface area contributed by atoms with Crippen LogP contribution in [0.2, 0.25) is 5.02 Å². The van der Waals surface area contributed by atoms with Gasteiger partial charge in [0.15, 0.2) is 9.84 Å². The number of hydrogen-bond acceptors (Lipinski definition) is 7. The lowest BCUT2D eigenvalue weighted by atomic mass is 10.2. The summed E-state index contributed by atoms with van der Waals surface area (Å²) in [6.07, 6.45) is 0. The second-order valence-electron chi connectivity index (χ2n) is 6.25. The number of rotatable bonds is 6. The first-order valence-corrected chi connectivity index (χ1v) is 12.4. The van der Waals surface area contributed by atoms with Crippen LogP contribution in [0, 0.1) is 0 Å². The molecule has 0 fully saturated rings. The van der Waals surface area contributed by atoms with Crippen molar-refractivity contribution < 1.29 is 13.2 Å². The molecule has 0 spiro atoms. The highest BCUT2D eigenvalue weighted by Gasteiger charge is 2.16. The summed E-state index contributed by atoms with van der Waals surface area (Å²) in [6.45, 7) is 0. The van der Waals surface area contributed by atoms with E-state index in [9.17, 15) is 13.2 Å². The second-order valence-corrected chi connectivity index (χ2v) is 10.6. The molecule has 0 radical (unpaired) electrons. The largest absolute Gasteiger partial charge is 0.296 e. The highest BCUT2D eigenvalue weighted by atomic mass is 35.5. The van der Waals surface area contributed by atoms with Gasteiger partial charge in [-0.05, 0) is 41.3 Å². The van der Waals surface area contributed by atoms with Crippen molar-refractivity contribution in [3.05, 3.63) is 81.5 Å². The first-order chi connectivity index (χ1) is 14.4. The van der Waals surface area contributed by atoms with Crippen molar-refractivity contribution in [2.24, 2.45) is 0 Å². The van der Waals surface area contributed by atoms with E-state index in [-0.39, 0.29) is 16.6 Å². The average Bonchev–Trinajstić information content (AvgIpc) is 3.41. The minimum Gasteiger partial charge on any atom is -0.296 e. The summed E-state index contributed by atoms with van der Waals surface area (Å²) in [6, 6.07) is 16.7. The number of anilines is 1. The van der Waals surface area contributed by atoms with Crippen LogP contribution in [0.25, 0.3) is 10.6 Å². The third kappa shape index (κ3) is 4.76. The Labute approximate surface area is 186 Å². The lowest BCUT2D eigenvalue weighted by Crippen LogP contribution is -2.09. The average molecular weight is 476 g/mol. The summed E-state index contributed by atoms with van der Waals surface area (Å²) in [5, 5.41) is 14.2. The van der Waals surface area contributed by atoms with Crippen molar-refractivity contribution >= 4 is 55.2 Å². The van der Waals surface area contributed by atoms with Crippen molar-refractivity contribution in [2.45, 2.75) is 10.6 Å². The Kier molecular flexibility index (Phi) is 5.96. The van der Waals surface area contributed by atoms with E-state index in [1.165, 1.54) is 34.8 Å². The Balaban J connectivity index is 1.45. The van der Waals surface area contributed by atoms with Crippen LogP contribution in [0.4, 0.5) is 5.13 Å². The third-order valence-corrected chi connectivity index (χ3v) is 7.83. The highest BCUT2D eigenvalue weighted by Crippen LogP contribution is 2.28. The third-order valence-electron chi connectivity index (χ3n) is 4.12. The lowest BCUT2D eigenvalue weighted by molar-refractivity contribution is 0.103. The SMILES string of the molecule is O=C(Nc1nnc(-c2ccc(CS(=O)(=O)c3ccc(Cl)cc3)cc2)s1)c1cccs1. The first kappa shape index (κ1) is 20.7. The molecule has 4 aromatic rings. The van der Waals surface area contributed by atoms with Crippen molar-refractivity contribution in [2.75, 3.05) is 5.32 Å².